The Bertz CT molecular complexity index is 1710. The molecule has 0 aromatic heterocycles. The number of aliphatic carboxylic acids is 1. The average Bonchev–Trinajstić information content (AvgIpc) is 3.32. The number of phenolic OH excluding ortho intramolecular Hbond substituents is 4. The number of hydrogen-bond donors (Lipinski definition) is 8. The van der Waals surface area contributed by atoms with Crippen LogP contribution < -0.4 is 10.6 Å². The lowest BCUT2D eigenvalue weighted by atomic mass is 9.77. The number of nitrogens with one attached hydrogen (secondary N) is 2. The molecule has 18 heteroatoms. The van der Waals surface area contributed by atoms with E-state index in [0.29, 0.717) is 5.57 Å². The Kier molecular flexibility index (Phi) is 12.3. The van der Waals surface area contributed by atoms with Gasteiger partial charge in [0.2, 0.25) is 11.8 Å². The fourth-order valence-corrected chi connectivity index (χ4v) is 6.49. The number of hydrogen-bond acceptors (Lipinski definition) is 11. The van der Waals surface area contributed by atoms with Crippen molar-refractivity contribution in [2.45, 2.75) is 38.8 Å². The molecule has 1 fully saturated rings. The molecule has 1 unspecified atom stereocenters. The Morgan fingerprint density at radius 2 is 1.37 bits per heavy atom. The molecule has 4 atom stereocenters. The van der Waals surface area contributed by atoms with Crippen molar-refractivity contribution < 1.29 is 63.4 Å². The largest absolute Gasteiger partial charge is 0.504 e. The first kappa shape index (κ1) is 39.3. The van der Waals surface area contributed by atoms with Crippen molar-refractivity contribution in [3.63, 3.8) is 0 Å². The number of carboxylic acids is 1. The molecule has 2 aliphatic rings. The number of fused-ring (bicyclic) bond motifs is 1. The lowest BCUT2D eigenvalue weighted by Crippen LogP contribution is -2.63. The zero-order valence-electron chi connectivity index (χ0n) is 28.6. The van der Waals surface area contributed by atoms with Crippen LogP contribution in [0.2, 0.25) is 0 Å². The van der Waals surface area contributed by atoms with Crippen LogP contribution in [0.15, 0.2) is 35.5 Å². The first-order valence-electron chi connectivity index (χ1n) is 16.4. The van der Waals surface area contributed by atoms with E-state index in [1.165, 1.54) is 16.7 Å². The number of likely N-dealkylation sites (N-methyl/N-ethyl adjacent to an activating group) is 1. The van der Waals surface area contributed by atoms with Gasteiger partial charge in [-0.15, -0.1) is 0 Å². The summed E-state index contributed by atoms with van der Waals surface area (Å²) in [5.41, 5.74) is -0.789. The second kappa shape index (κ2) is 16.2. The number of amides is 4. The average molecular weight is 734 g/mol. The number of nitrogens with zero attached hydrogens (tertiary/aromatic N) is 3. The minimum atomic E-state index is -1.31. The van der Waals surface area contributed by atoms with Gasteiger partial charge in [0.1, 0.15) is 5.70 Å². The molecule has 0 radical (unpaired) electrons. The molecular formula is C34H41F2N5O11. The summed E-state index contributed by atoms with van der Waals surface area (Å²) in [6, 6.07) is 3.36. The summed E-state index contributed by atoms with van der Waals surface area (Å²) in [5.74, 6) is -11.4. The number of phenols is 4. The number of rotatable bonds is 16. The van der Waals surface area contributed by atoms with Gasteiger partial charge in [0.25, 0.3) is 11.8 Å². The number of β-lactam (4-membered cyclic amide) rings is 1. The molecule has 0 aliphatic carbocycles. The van der Waals surface area contributed by atoms with Crippen LogP contribution in [0.25, 0.3) is 0 Å². The molecule has 2 aromatic rings. The van der Waals surface area contributed by atoms with Crippen molar-refractivity contribution >= 4 is 29.6 Å². The predicted molar refractivity (Wildman–Crippen MR) is 177 cm³/mol. The fraction of sp³-hybridized carbons (Fsp3) is 0.441. The molecule has 52 heavy (non-hydrogen) atoms. The molecule has 8 N–H and O–H groups in total. The zero-order valence-corrected chi connectivity index (χ0v) is 28.6. The summed E-state index contributed by atoms with van der Waals surface area (Å²) in [7, 11) is 1.59. The SMILES string of the molecule is C[C@H]1C(CN(C)CC(=O)N(CCCNC(=O)c2ccc(O)c(O)c2F)CCCNC(=O)c2ccc(O)c(O)c2F)=C(C(=O)O)N2C(=O)[C@H]([C@@H](C)O)C12. The molecule has 1 saturated heterocycles. The highest BCUT2D eigenvalue weighted by Crippen LogP contribution is 2.47. The van der Waals surface area contributed by atoms with Crippen LogP contribution in [0.5, 0.6) is 23.0 Å². The van der Waals surface area contributed by atoms with E-state index >= 15 is 0 Å². The van der Waals surface area contributed by atoms with Crippen LogP contribution in [0.4, 0.5) is 8.78 Å². The molecule has 4 amide bonds. The minimum absolute atomic E-state index is 0.0113. The third-order valence-corrected chi connectivity index (χ3v) is 9.18. The van der Waals surface area contributed by atoms with Gasteiger partial charge >= 0.3 is 5.97 Å². The molecule has 0 spiro atoms. The highest BCUT2D eigenvalue weighted by atomic mass is 19.1. The monoisotopic (exact) mass is 733 g/mol. The van der Waals surface area contributed by atoms with Gasteiger partial charge in [0.15, 0.2) is 34.6 Å². The smallest absolute Gasteiger partial charge is 0.352 e. The first-order chi connectivity index (χ1) is 24.5. The molecule has 16 nitrogen and oxygen atoms in total. The lowest BCUT2D eigenvalue weighted by Gasteiger charge is -2.46. The zero-order chi connectivity index (χ0) is 38.6. The Labute approximate surface area is 296 Å². The molecule has 2 aromatic carbocycles. The second-order valence-corrected chi connectivity index (χ2v) is 12.8. The third kappa shape index (κ3) is 8.02. The highest BCUT2D eigenvalue weighted by Gasteiger charge is 2.59. The van der Waals surface area contributed by atoms with Crippen LogP contribution in [-0.4, -0.2) is 133 Å². The van der Waals surface area contributed by atoms with Crippen molar-refractivity contribution in [2.24, 2.45) is 11.8 Å². The molecule has 0 bridgehead atoms. The summed E-state index contributed by atoms with van der Waals surface area (Å²) in [6.07, 6.45) is -0.642. The summed E-state index contributed by atoms with van der Waals surface area (Å²) in [6.45, 7) is 3.06. The fourth-order valence-electron chi connectivity index (χ4n) is 6.49. The Hall–Kier alpha value is -5.49. The van der Waals surface area contributed by atoms with Gasteiger partial charge in [0, 0.05) is 38.6 Å². The van der Waals surface area contributed by atoms with Crippen molar-refractivity contribution in [1.82, 2.24) is 25.3 Å². The van der Waals surface area contributed by atoms with E-state index < -0.39 is 99.3 Å². The Morgan fingerprint density at radius 1 is 0.885 bits per heavy atom. The van der Waals surface area contributed by atoms with E-state index in [2.05, 4.69) is 10.6 Å². The van der Waals surface area contributed by atoms with Gasteiger partial charge in [-0.25, -0.2) is 13.6 Å². The van der Waals surface area contributed by atoms with Crippen molar-refractivity contribution in [3.05, 3.63) is 58.3 Å². The van der Waals surface area contributed by atoms with Crippen molar-refractivity contribution in [3.8, 4) is 23.0 Å². The van der Waals surface area contributed by atoms with Gasteiger partial charge in [-0.2, -0.15) is 0 Å². The number of aromatic hydroxyl groups is 4. The summed E-state index contributed by atoms with van der Waals surface area (Å²) in [5, 5.41) is 63.0. The van der Waals surface area contributed by atoms with Crippen LogP contribution in [0, 0.1) is 23.5 Å². The van der Waals surface area contributed by atoms with Gasteiger partial charge in [-0.1, -0.05) is 6.92 Å². The number of carboxylic acid groups (broad SMARTS) is 1. The van der Waals surface area contributed by atoms with E-state index in [0.717, 1.165) is 24.3 Å². The second-order valence-electron chi connectivity index (χ2n) is 12.8. The van der Waals surface area contributed by atoms with Crippen LogP contribution in [0.1, 0.15) is 47.4 Å². The number of aliphatic hydroxyl groups is 1. The Balaban J connectivity index is 1.40. The number of carbonyl (C=O) groups is 5. The topological polar surface area (TPSA) is 241 Å². The maximum absolute atomic E-state index is 14.3. The van der Waals surface area contributed by atoms with E-state index in [1.807, 2.05) is 0 Å². The van der Waals surface area contributed by atoms with E-state index in [4.69, 9.17) is 0 Å². The lowest BCUT2D eigenvalue weighted by molar-refractivity contribution is -0.163. The van der Waals surface area contributed by atoms with Gasteiger partial charge < -0.3 is 51.1 Å². The number of aliphatic hydroxyl groups excluding tert-OH is 1. The number of benzene rings is 2. The molecule has 4 rings (SSSR count). The summed E-state index contributed by atoms with van der Waals surface area (Å²) in [4.78, 5) is 67.6. The molecular weight excluding hydrogens is 692 g/mol. The van der Waals surface area contributed by atoms with Crippen LogP contribution >= 0.6 is 0 Å². The van der Waals surface area contributed by atoms with Gasteiger partial charge in [0.05, 0.1) is 35.7 Å². The number of halogens is 2. The normalized spacial score (nSPS) is 18.6. The van der Waals surface area contributed by atoms with Gasteiger partial charge in [-0.3, -0.25) is 24.1 Å². The van der Waals surface area contributed by atoms with Crippen LogP contribution in [-0.2, 0) is 14.4 Å². The van der Waals surface area contributed by atoms with E-state index in [-0.39, 0.29) is 57.8 Å². The summed E-state index contributed by atoms with van der Waals surface area (Å²) >= 11 is 0. The first-order valence-corrected chi connectivity index (χ1v) is 16.4. The highest BCUT2D eigenvalue weighted by molar-refractivity contribution is 6.00. The maximum atomic E-state index is 14.3. The maximum Gasteiger partial charge on any atom is 0.352 e. The van der Waals surface area contributed by atoms with Gasteiger partial charge in [-0.05, 0) is 56.7 Å². The minimum Gasteiger partial charge on any atom is -0.504 e. The third-order valence-electron chi connectivity index (χ3n) is 9.18. The molecule has 0 saturated carbocycles. The molecule has 2 heterocycles. The van der Waals surface area contributed by atoms with Crippen molar-refractivity contribution in [2.75, 3.05) is 46.3 Å². The predicted octanol–water partition coefficient (Wildman–Crippen LogP) is 0.684. The molecule has 2 aliphatic heterocycles. The number of carbonyl (C=O) groups excluding carboxylic acids is 4. The van der Waals surface area contributed by atoms with Crippen molar-refractivity contribution in [1.29, 1.82) is 0 Å². The molecule has 282 valence electrons. The van der Waals surface area contributed by atoms with E-state index in [9.17, 15) is 63.4 Å². The quantitative estimate of drug-likeness (QED) is 0.0676. The van der Waals surface area contributed by atoms with Crippen LogP contribution in [0.3, 0.4) is 0 Å². The van der Waals surface area contributed by atoms with E-state index in [1.54, 1.807) is 18.9 Å². The standard InChI is InChI=1S/C34H41F2N5O11/c1-16-20(28(34(51)52)41-27(16)24(17(2)42)33(41)50)14-39(3)15-23(45)40(12-4-10-37-31(48)18-6-8-21(43)29(46)25(18)35)13-5-11-38-32(49)19-7-9-22(44)30(47)26(19)36/h6-9,16-17,24,27,42-44,46-47H,4-5,10-15H2,1-3H3,(H,37,48)(H,38,49)(H,51,52)/t16-,17+,24+,27?/m0/s1. The Morgan fingerprint density at radius 3 is 1.81 bits per heavy atom. The summed E-state index contributed by atoms with van der Waals surface area (Å²) < 4.78 is 28.5.